The maximum atomic E-state index is 5.38. The van der Waals surface area contributed by atoms with Gasteiger partial charge in [0.1, 0.15) is 0 Å². The molecule has 0 N–H and O–H groups in total. The lowest BCUT2D eigenvalue weighted by Gasteiger charge is -2.26. The van der Waals surface area contributed by atoms with Crippen molar-refractivity contribution in [3.8, 4) is 62.1 Å². The van der Waals surface area contributed by atoms with Crippen LogP contribution in [0, 0.1) is 0 Å². The van der Waals surface area contributed by atoms with E-state index in [1.807, 2.05) is 66.7 Å². The van der Waals surface area contributed by atoms with Crippen molar-refractivity contribution in [2.24, 2.45) is 0 Å². The van der Waals surface area contributed by atoms with Crippen LogP contribution in [0.25, 0.3) is 83.9 Å². The zero-order valence-corrected chi connectivity index (χ0v) is 30.2. The Labute approximate surface area is 323 Å². The highest BCUT2D eigenvalue weighted by molar-refractivity contribution is 6.00. The fourth-order valence-corrected chi connectivity index (χ4v) is 8.00. The molecule has 6 nitrogen and oxygen atoms in total. The van der Waals surface area contributed by atoms with Crippen LogP contribution in [0.2, 0.25) is 0 Å². The van der Waals surface area contributed by atoms with E-state index < -0.39 is 0 Å². The van der Waals surface area contributed by atoms with Crippen LogP contribution in [0.4, 0.5) is 17.3 Å². The molecule has 1 aliphatic heterocycles. The van der Waals surface area contributed by atoms with Gasteiger partial charge < -0.3 is 0 Å². The highest BCUT2D eigenvalue weighted by Crippen LogP contribution is 2.49. The van der Waals surface area contributed by atoms with Crippen molar-refractivity contribution >= 4 is 39.1 Å². The summed E-state index contributed by atoms with van der Waals surface area (Å²) < 4.78 is 2.29. The highest BCUT2D eigenvalue weighted by atomic mass is 15.3. The molecular formula is C50H32N6. The van der Waals surface area contributed by atoms with E-state index in [0.29, 0.717) is 17.5 Å². The smallest absolute Gasteiger partial charge is 0.220 e. The third-order valence-electron chi connectivity index (χ3n) is 10.6. The van der Waals surface area contributed by atoms with Gasteiger partial charge in [-0.05, 0) is 64.4 Å². The van der Waals surface area contributed by atoms with Crippen LogP contribution < -0.4 is 4.90 Å². The van der Waals surface area contributed by atoms with Gasteiger partial charge in [-0.2, -0.15) is 0 Å². The summed E-state index contributed by atoms with van der Waals surface area (Å²) in [5.41, 5.74) is 12.1. The largest absolute Gasteiger partial charge is 0.280 e. The number of aromatic nitrogens is 5. The Hall–Kier alpha value is -7.70. The Balaban J connectivity index is 1.23. The summed E-state index contributed by atoms with van der Waals surface area (Å²) in [6, 6.07) is 67.6. The first kappa shape index (κ1) is 31.8. The second-order valence-electron chi connectivity index (χ2n) is 13.9. The predicted octanol–water partition coefficient (Wildman–Crippen LogP) is 12.5. The van der Waals surface area contributed by atoms with Crippen LogP contribution in [0.5, 0.6) is 0 Å². The van der Waals surface area contributed by atoms with Gasteiger partial charge in [-0.1, -0.05) is 152 Å². The van der Waals surface area contributed by atoms with Crippen LogP contribution in [-0.2, 0) is 0 Å². The molecule has 0 fully saturated rings. The summed E-state index contributed by atoms with van der Waals surface area (Å²) in [6.45, 7) is 0. The van der Waals surface area contributed by atoms with Crippen molar-refractivity contribution < 1.29 is 0 Å². The molecule has 10 aromatic rings. The Morgan fingerprint density at radius 1 is 0.357 bits per heavy atom. The fourth-order valence-electron chi connectivity index (χ4n) is 8.00. The summed E-state index contributed by atoms with van der Waals surface area (Å²) in [4.78, 5) is 23.1. The van der Waals surface area contributed by atoms with Crippen molar-refractivity contribution in [3.63, 3.8) is 0 Å². The van der Waals surface area contributed by atoms with Gasteiger partial charge in [0.2, 0.25) is 5.95 Å². The standard InChI is InChI=1S/C50H32N6/c1-3-17-34(18-4-1)47-52-48(35-19-5-2-6-20-35)54-49(53-47)37-30-36(40-25-15-21-33-16-7-8-22-39(33)40)31-38(32-37)55-44-27-12-9-23-41(44)42-24-10-13-28-45(42)56-46-29-14-11-26-43(46)51-50(55)56/h1-32H. The zero-order valence-electron chi connectivity index (χ0n) is 30.2. The average molecular weight is 717 g/mol. The summed E-state index contributed by atoms with van der Waals surface area (Å²) in [7, 11) is 0. The van der Waals surface area contributed by atoms with Crippen molar-refractivity contribution in [2.45, 2.75) is 0 Å². The monoisotopic (exact) mass is 716 g/mol. The first-order valence-electron chi connectivity index (χ1n) is 18.7. The van der Waals surface area contributed by atoms with Crippen LogP contribution in [0.15, 0.2) is 194 Å². The van der Waals surface area contributed by atoms with Gasteiger partial charge in [0, 0.05) is 27.8 Å². The number of benzene rings is 8. The van der Waals surface area contributed by atoms with Crippen LogP contribution in [0.3, 0.4) is 0 Å². The van der Waals surface area contributed by atoms with Crippen molar-refractivity contribution in [3.05, 3.63) is 194 Å². The molecule has 6 heteroatoms. The number of fused-ring (bicyclic) bond motifs is 8. The molecule has 0 radical (unpaired) electrons. The van der Waals surface area contributed by atoms with E-state index in [1.165, 1.54) is 10.8 Å². The van der Waals surface area contributed by atoms with Gasteiger partial charge in [-0.3, -0.25) is 9.47 Å². The van der Waals surface area contributed by atoms with Gasteiger partial charge in [0.15, 0.2) is 17.5 Å². The average Bonchev–Trinajstić information content (AvgIpc) is 3.60. The molecule has 11 rings (SSSR count). The first-order valence-corrected chi connectivity index (χ1v) is 18.7. The van der Waals surface area contributed by atoms with E-state index in [-0.39, 0.29) is 0 Å². The minimum atomic E-state index is 0.584. The zero-order chi connectivity index (χ0) is 37.0. The van der Waals surface area contributed by atoms with E-state index >= 15 is 0 Å². The van der Waals surface area contributed by atoms with E-state index in [2.05, 4.69) is 137 Å². The van der Waals surface area contributed by atoms with Crippen molar-refractivity contribution in [1.29, 1.82) is 0 Å². The lowest BCUT2D eigenvalue weighted by Crippen LogP contribution is -2.14. The Bertz CT molecular complexity index is 3030. The van der Waals surface area contributed by atoms with Gasteiger partial charge in [-0.15, -0.1) is 0 Å². The third kappa shape index (κ3) is 5.27. The summed E-state index contributed by atoms with van der Waals surface area (Å²) in [5.74, 6) is 2.61. The molecule has 2 aromatic heterocycles. The predicted molar refractivity (Wildman–Crippen MR) is 227 cm³/mol. The summed E-state index contributed by atoms with van der Waals surface area (Å²) in [5, 5.41) is 2.34. The van der Waals surface area contributed by atoms with Crippen LogP contribution in [-0.4, -0.2) is 24.5 Å². The first-order chi connectivity index (χ1) is 27.8. The molecule has 8 aromatic carbocycles. The van der Waals surface area contributed by atoms with Gasteiger partial charge in [0.05, 0.1) is 28.1 Å². The maximum absolute atomic E-state index is 5.38. The molecule has 0 aliphatic carbocycles. The molecule has 0 amide bonds. The second kappa shape index (κ2) is 13.0. The van der Waals surface area contributed by atoms with E-state index in [1.54, 1.807) is 0 Å². The van der Waals surface area contributed by atoms with Crippen LogP contribution in [0.1, 0.15) is 0 Å². The molecule has 0 atom stereocenters. The second-order valence-corrected chi connectivity index (χ2v) is 13.9. The SMILES string of the molecule is c1ccc(-c2nc(-c3ccccc3)nc(-c3cc(-c4cccc5ccccc45)cc(N4c5ccccc5-c5ccccc5-n5c4nc4ccccc45)c3)n2)cc1. The number of hydrogen-bond donors (Lipinski definition) is 0. The molecular weight excluding hydrogens is 685 g/mol. The fraction of sp³-hybridized carbons (Fsp3) is 0. The number of rotatable bonds is 5. The molecule has 0 spiro atoms. The van der Waals surface area contributed by atoms with Gasteiger partial charge in [0.25, 0.3) is 0 Å². The van der Waals surface area contributed by atoms with Crippen molar-refractivity contribution in [2.75, 3.05) is 4.90 Å². The molecule has 0 bridgehead atoms. The Morgan fingerprint density at radius 2 is 0.893 bits per heavy atom. The van der Waals surface area contributed by atoms with Gasteiger partial charge in [-0.25, -0.2) is 19.9 Å². The Morgan fingerprint density at radius 3 is 1.64 bits per heavy atom. The summed E-state index contributed by atoms with van der Waals surface area (Å²) in [6.07, 6.45) is 0. The number of nitrogens with zero attached hydrogens (tertiary/aromatic N) is 6. The molecule has 0 unspecified atom stereocenters. The quantitative estimate of drug-likeness (QED) is 0.177. The Kier molecular flexibility index (Phi) is 7.38. The molecule has 262 valence electrons. The van der Waals surface area contributed by atoms with E-state index in [4.69, 9.17) is 19.9 Å². The van der Waals surface area contributed by atoms with E-state index in [0.717, 1.165) is 73.0 Å². The molecule has 56 heavy (non-hydrogen) atoms. The molecule has 1 aliphatic rings. The topological polar surface area (TPSA) is 59.7 Å². The van der Waals surface area contributed by atoms with Gasteiger partial charge >= 0.3 is 0 Å². The number of hydrogen-bond acceptors (Lipinski definition) is 5. The van der Waals surface area contributed by atoms with Crippen molar-refractivity contribution in [1.82, 2.24) is 24.5 Å². The maximum Gasteiger partial charge on any atom is 0.220 e. The summed E-state index contributed by atoms with van der Waals surface area (Å²) >= 11 is 0. The number of para-hydroxylation sites is 4. The number of imidazole rings is 1. The lowest BCUT2D eigenvalue weighted by molar-refractivity contribution is 1.05. The third-order valence-corrected chi connectivity index (χ3v) is 10.6. The highest BCUT2D eigenvalue weighted by Gasteiger charge is 2.30. The molecule has 3 heterocycles. The lowest BCUT2D eigenvalue weighted by atomic mass is 9.95. The van der Waals surface area contributed by atoms with Crippen LogP contribution >= 0.6 is 0 Å². The molecule has 0 saturated carbocycles. The number of anilines is 3. The minimum Gasteiger partial charge on any atom is -0.280 e. The molecule has 0 saturated heterocycles. The minimum absolute atomic E-state index is 0.584. The normalized spacial score (nSPS) is 11.9. The van der Waals surface area contributed by atoms with E-state index in [9.17, 15) is 0 Å².